The molecule has 4 aromatic carbocycles. The fourth-order valence-corrected chi connectivity index (χ4v) is 6.40. The van der Waals surface area contributed by atoms with Gasteiger partial charge in [-0.05, 0) is 22.3 Å². The lowest BCUT2D eigenvalue weighted by molar-refractivity contribution is -0.249. The van der Waals surface area contributed by atoms with Crippen LogP contribution in [0.3, 0.4) is 0 Å². The first-order valence-electron chi connectivity index (χ1n) is 14.2. The van der Waals surface area contributed by atoms with Crippen LogP contribution in [0.25, 0.3) is 0 Å². The summed E-state index contributed by atoms with van der Waals surface area (Å²) >= 11 is 14.1. The van der Waals surface area contributed by atoms with Gasteiger partial charge in [0.2, 0.25) is 0 Å². The first kappa shape index (κ1) is 29.3. The first-order valence-corrected chi connectivity index (χ1v) is 15.0. The van der Waals surface area contributed by atoms with E-state index < -0.39 is 34.4 Å². The highest BCUT2D eigenvalue weighted by Gasteiger charge is 2.86. The molecule has 5 nitrogen and oxygen atoms in total. The molecule has 0 bridgehead atoms. The smallest absolute Gasteiger partial charge is 0.181 e. The van der Waals surface area contributed by atoms with E-state index in [1.165, 1.54) is 0 Å². The maximum Gasteiger partial charge on any atom is 0.181 e. The summed E-state index contributed by atoms with van der Waals surface area (Å²) in [7, 11) is 0. The van der Waals surface area contributed by atoms with E-state index in [0.717, 1.165) is 22.3 Å². The molecule has 7 heteroatoms. The van der Waals surface area contributed by atoms with Crippen molar-refractivity contribution in [1.82, 2.24) is 0 Å². The summed E-state index contributed by atoms with van der Waals surface area (Å²) in [5.74, 6) is 0. The summed E-state index contributed by atoms with van der Waals surface area (Å²) in [6.45, 7) is 1.70. The maximum atomic E-state index is 7.03. The predicted molar refractivity (Wildman–Crippen MR) is 163 cm³/mol. The molecule has 4 aromatic rings. The van der Waals surface area contributed by atoms with Crippen LogP contribution in [0.2, 0.25) is 0 Å². The van der Waals surface area contributed by atoms with E-state index in [9.17, 15) is 0 Å². The topological polar surface area (TPSA) is 46.2 Å². The van der Waals surface area contributed by atoms with Crippen molar-refractivity contribution >= 4 is 23.2 Å². The van der Waals surface area contributed by atoms with Gasteiger partial charge in [0, 0.05) is 0 Å². The minimum absolute atomic E-state index is 0.272. The van der Waals surface area contributed by atoms with E-state index >= 15 is 0 Å². The Morgan fingerprint density at radius 2 is 1.02 bits per heavy atom. The van der Waals surface area contributed by atoms with Gasteiger partial charge in [-0.1, -0.05) is 145 Å². The molecule has 1 saturated carbocycles. The molecule has 1 aliphatic heterocycles. The van der Waals surface area contributed by atoms with Crippen LogP contribution in [0.5, 0.6) is 0 Å². The zero-order chi connectivity index (χ0) is 28.8. The SMILES string of the molecule is ClC1(Cl)C2O[C@H](COCc3ccccc3)[C@@H](OCc3ccccc3)[C@H](OCc3ccccc3)[C@@]21OCc1ccccc1. The van der Waals surface area contributed by atoms with Gasteiger partial charge in [0.1, 0.15) is 24.4 Å². The van der Waals surface area contributed by atoms with Crippen LogP contribution in [-0.2, 0) is 50.1 Å². The van der Waals surface area contributed by atoms with E-state index in [-0.39, 0.29) is 6.61 Å². The Balaban J connectivity index is 1.29. The van der Waals surface area contributed by atoms with Crippen LogP contribution < -0.4 is 0 Å². The number of benzene rings is 4. The number of halogens is 2. The van der Waals surface area contributed by atoms with Gasteiger partial charge in [0.15, 0.2) is 9.93 Å². The molecule has 1 saturated heterocycles. The summed E-state index contributed by atoms with van der Waals surface area (Å²) < 4.78 is 31.3. The van der Waals surface area contributed by atoms with Crippen LogP contribution >= 0.6 is 23.2 Å². The van der Waals surface area contributed by atoms with E-state index in [4.69, 9.17) is 46.9 Å². The third-order valence-electron chi connectivity index (χ3n) is 7.83. The summed E-state index contributed by atoms with van der Waals surface area (Å²) in [6.07, 6.45) is -2.32. The molecule has 6 rings (SSSR count). The van der Waals surface area contributed by atoms with E-state index in [1.54, 1.807) is 0 Å². The van der Waals surface area contributed by atoms with E-state index in [1.807, 2.05) is 121 Å². The number of ether oxygens (including phenoxy) is 5. The summed E-state index contributed by atoms with van der Waals surface area (Å²) in [4.78, 5) is 0. The maximum absolute atomic E-state index is 7.03. The Labute approximate surface area is 257 Å². The normalized spacial score (nSPS) is 26.0. The molecule has 0 amide bonds. The van der Waals surface area contributed by atoms with Crippen molar-refractivity contribution in [3.8, 4) is 0 Å². The third-order valence-corrected chi connectivity index (χ3v) is 8.81. The van der Waals surface area contributed by atoms with Crippen LogP contribution in [0.15, 0.2) is 121 Å². The van der Waals surface area contributed by atoms with Crippen molar-refractivity contribution in [2.45, 2.75) is 60.8 Å². The minimum Gasteiger partial charge on any atom is -0.374 e. The van der Waals surface area contributed by atoms with Crippen LogP contribution in [0.1, 0.15) is 22.3 Å². The van der Waals surface area contributed by atoms with Gasteiger partial charge >= 0.3 is 0 Å². The Morgan fingerprint density at radius 3 is 1.55 bits per heavy atom. The molecule has 42 heavy (non-hydrogen) atoms. The fraction of sp³-hybridized carbons (Fsp3) is 0.314. The highest BCUT2D eigenvalue weighted by Crippen LogP contribution is 2.67. The van der Waals surface area contributed by atoms with Gasteiger partial charge in [0.25, 0.3) is 0 Å². The van der Waals surface area contributed by atoms with Gasteiger partial charge < -0.3 is 23.7 Å². The predicted octanol–water partition coefficient (Wildman–Crippen LogP) is 7.28. The number of alkyl halides is 2. The lowest BCUT2D eigenvalue weighted by Gasteiger charge is -2.41. The number of rotatable bonds is 13. The van der Waals surface area contributed by atoms with E-state index in [0.29, 0.717) is 26.4 Å². The molecule has 1 unspecified atom stereocenters. The molecule has 218 valence electrons. The van der Waals surface area contributed by atoms with Gasteiger partial charge in [-0.15, -0.1) is 0 Å². The molecule has 0 spiro atoms. The Morgan fingerprint density at radius 1 is 0.571 bits per heavy atom. The summed E-state index contributed by atoms with van der Waals surface area (Å²) in [5, 5.41) is 0. The lowest BCUT2D eigenvalue weighted by atomic mass is 9.97. The van der Waals surface area contributed by atoms with Gasteiger partial charge in [-0.25, -0.2) is 0 Å². The zero-order valence-corrected chi connectivity index (χ0v) is 24.7. The molecule has 1 heterocycles. The number of fused-ring (bicyclic) bond motifs is 1. The average Bonchev–Trinajstić information content (AvgIpc) is 3.53. The van der Waals surface area contributed by atoms with Gasteiger partial charge in [-0.2, -0.15) is 0 Å². The van der Waals surface area contributed by atoms with Gasteiger partial charge in [-0.3, -0.25) is 0 Å². The van der Waals surface area contributed by atoms with E-state index in [2.05, 4.69) is 0 Å². The highest BCUT2D eigenvalue weighted by atomic mass is 35.5. The number of hydrogen-bond acceptors (Lipinski definition) is 5. The van der Waals surface area contributed by atoms with Crippen molar-refractivity contribution in [3.05, 3.63) is 144 Å². The minimum atomic E-state index is -1.34. The molecule has 2 fully saturated rings. The quantitative estimate of drug-likeness (QED) is 0.150. The van der Waals surface area contributed by atoms with Crippen molar-refractivity contribution in [2.24, 2.45) is 0 Å². The molecule has 0 radical (unpaired) electrons. The van der Waals surface area contributed by atoms with Gasteiger partial charge in [0.05, 0.1) is 33.0 Å². The summed E-state index contributed by atoms with van der Waals surface area (Å²) in [5.41, 5.74) is 2.98. The average molecular weight is 606 g/mol. The largest absolute Gasteiger partial charge is 0.374 e. The van der Waals surface area contributed by atoms with Crippen LogP contribution in [0.4, 0.5) is 0 Å². The second kappa shape index (κ2) is 13.3. The fourth-order valence-electron chi connectivity index (χ4n) is 5.56. The molecular formula is C35H34Cl2O5. The third kappa shape index (κ3) is 6.29. The number of hydrogen-bond donors (Lipinski definition) is 0. The molecule has 5 atom stereocenters. The molecule has 2 aliphatic rings. The molecule has 0 aromatic heterocycles. The van der Waals surface area contributed by atoms with Crippen molar-refractivity contribution in [2.75, 3.05) is 6.61 Å². The highest BCUT2D eigenvalue weighted by molar-refractivity contribution is 6.53. The van der Waals surface area contributed by atoms with Crippen LogP contribution in [-0.4, -0.2) is 41.0 Å². The second-order valence-corrected chi connectivity index (χ2v) is 12.1. The Kier molecular flexibility index (Phi) is 9.27. The zero-order valence-electron chi connectivity index (χ0n) is 23.2. The summed E-state index contributed by atoms with van der Waals surface area (Å²) in [6, 6.07) is 40.0. The van der Waals surface area contributed by atoms with Crippen molar-refractivity contribution in [3.63, 3.8) is 0 Å². The standard InChI is InChI=1S/C35H34Cl2O5/c36-35(37)33-34(35,41-24-29-19-11-4-12-20-29)32(40-23-28-17-9-3-10-18-28)31(39-22-27-15-7-2-8-16-27)30(42-33)25-38-21-26-13-5-1-6-14-26/h1-20,30-33H,21-25H2/t30-,31-,32+,33?,34-/m1/s1. The Hall–Kier alpha value is -2.74. The van der Waals surface area contributed by atoms with Crippen molar-refractivity contribution < 1.29 is 23.7 Å². The second-order valence-electron chi connectivity index (χ2n) is 10.7. The molecule has 1 aliphatic carbocycles. The van der Waals surface area contributed by atoms with Crippen molar-refractivity contribution in [1.29, 1.82) is 0 Å². The molecular weight excluding hydrogens is 571 g/mol. The Bertz CT molecular complexity index is 1390. The van der Waals surface area contributed by atoms with Crippen LogP contribution in [0, 0.1) is 0 Å². The monoisotopic (exact) mass is 604 g/mol. The lowest BCUT2D eigenvalue weighted by Crippen LogP contribution is -2.58. The molecule has 0 N–H and O–H groups in total. The first-order chi connectivity index (χ1) is 20.6.